The molecule has 2 aromatic heterocycles. The molecule has 0 amide bonds. The van der Waals surface area contributed by atoms with Crippen LogP contribution in [0.25, 0.3) is 5.65 Å². The Kier molecular flexibility index (Phi) is 2.07. The van der Waals surface area contributed by atoms with Gasteiger partial charge in [-0.15, -0.1) is 10.2 Å². The molecule has 20 heavy (non-hydrogen) atoms. The summed E-state index contributed by atoms with van der Waals surface area (Å²) in [5, 5.41) is 8.45. The molecule has 2 saturated carbocycles. The highest BCUT2D eigenvalue weighted by molar-refractivity contribution is 5.95. The standard InChI is InChI=1S/C15H18N4O/c1-14(2)9-4-5-15(14,3)12(20)11(9)13-18-17-10-8-16-6-7-19(10)13/h6-9,11H,4-5H2,1-3H3/t9-,11+,15+/m1/s1. The molecule has 0 saturated heterocycles. The normalized spacial score (nSPS) is 35.0. The average molecular weight is 270 g/mol. The van der Waals surface area contributed by atoms with E-state index in [0.29, 0.717) is 17.3 Å². The molecular weight excluding hydrogens is 252 g/mol. The molecule has 0 aliphatic heterocycles. The Morgan fingerprint density at radius 2 is 2.10 bits per heavy atom. The van der Waals surface area contributed by atoms with E-state index in [9.17, 15) is 4.79 Å². The molecule has 2 fully saturated rings. The van der Waals surface area contributed by atoms with Gasteiger partial charge < -0.3 is 0 Å². The molecule has 3 atom stereocenters. The van der Waals surface area contributed by atoms with Gasteiger partial charge >= 0.3 is 0 Å². The van der Waals surface area contributed by atoms with Gasteiger partial charge in [0.2, 0.25) is 0 Å². The van der Waals surface area contributed by atoms with E-state index in [4.69, 9.17) is 0 Å². The van der Waals surface area contributed by atoms with Crippen LogP contribution in [0.15, 0.2) is 18.6 Å². The van der Waals surface area contributed by atoms with Crippen molar-refractivity contribution in [2.45, 2.75) is 39.5 Å². The predicted octanol–water partition coefficient (Wildman–Crippen LogP) is 2.23. The summed E-state index contributed by atoms with van der Waals surface area (Å²) in [6.07, 6.45) is 7.34. The maximum atomic E-state index is 12.9. The molecule has 2 bridgehead atoms. The summed E-state index contributed by atoms with van der Waals surface area (Å²) in [6.45, 7) is 6.58. The van der Waals surface area contributed by atoms with E-state index in [1.165, 1.54) is 0 Å². The number of carbonyl (C=O) groups excluding carboxylic acids is 1. The number of nitrogens with zero attached hydrogens (tertiary/aromatic N) is 4. The lowest BCUT2D eigenvalue weighted by Gasteiger charge is -2.32. The molecule has 104 valence electrons. The van der Waals surface area contributed by atoms with Crippen molar-refractivity contribution in [2.24, 2.45) is 16.7 Å². The van der Waals surface area contributed by atoms with Crippen molar-refractivity contribution in [3.63, 3.8) is 0 Å². The maximum absolute atomic E-state index is 12.9. The third-order valence-corrected chi connectivity index (χ3v) is 6.05. The van der Waals surface area contributed by atoms with Crippen molar-refractivity contribution in [3.8, 4) is 0 Å². The highest BCUT2D eigenvalue weighted by atomic mass is 16.1. The molecule has 0 N–H and O–H groups in total. The van der Waals surface area contributed by atoms with Crippen molar-refractivity contribution >= 4 is 11.4 Å². The molecule has 2 aliphatic carbocycles. The Bertz CT molecular complexity index is 719. The van der Waals surface area contributed by atoms with Crippen molar-refractivity contribution < 1.29 is 4.79 Å². The second-order valence-electron chi connectivity index (χ2n) is 6.90. The van der Waals surface area contributed by atoms with Crippen LogP contribution in [0.4, 0.5) is 0 Å². The van der Waals surface area contributed by atoms with Crippen molar-refractivity contribution in [1.29, 1.82) is 0 Å². The molecule has 0 spiro atoms. The Labute approximate surface area is 117 Å². The zero-order valence-electron chi connectivity index (χ0n) is 12.0. The zero-order valence-corrected chi connectivity index (χ0v) is 12.0. The second kappa shape index (κ2) is 3.45. The van der Waals surface area contributed by atoms with Gasteiger partial charge in [-0.25, -0.2) is 0 Å². The molecule has 0 radical (unpaired) electrons. The van der Waals surface area contributed by atoms with Crippen molar-refractivity contribution in [3.05, 3.63) is 24.4 Å². The summed E-state index contributed by atoms with van der Waals surface area (Å²) in [5.41, 5.74) is 0.524. The molecule has 2 heterocycles. The summed E-state index contributed by atoms with van der Waals surface area (Å²) >= 11 is 0. The first-order valence-electron chi connectivity index (χ1n) is 7.16. The smallest absolute Gasteiger partial charge is 0.179 e. The summed E-state index contributed by atoms with van der Waals surface area (Å²) in [7, 11) is 0. The second-order valence-corrected chi connectivity index (χ2v) is 6.90. The van der Waals surface area contributed by atoms with Crippen LogP contribution >= 0.6 is 0 Å². The number of hydrogen-bond acceptors (Lipinski definition) is 4. The lowest BCUT2D eigenvalue weighted by atomic mass is 9.70. The van der Waals surface area contributed by atoms with Gasteiger partial charge in [-0.3, -0.25) is 14.2 Å². The van der Waals surface area contributed by atoms with Crippen molar-refractivity contribution in [1.82, 2.24) is 19.6 Å². The van der Waals surface area contributed by atoms with E-state index in [2.05, 4.69) is 36.0 Å². The van der Waals surface area contributed by atoms with Crippen LogP contribution in [-0.2, 0) is 4.79 Å². The van der Waals surface area contributed by atoms with Crippen LogP contribution in [-0.4, -0.2) is 25.4 Å². The molecule has 2 aromatic rings. The largest absolute Gasteiger partial charge is 0.298 e. The number of carbonyl (C=O) groups is 1. The monoisotopic (exact) mass is 270 g/mol. The number of Topliss-reactive ketones (excluding diaryl/α,β-unsaturated/α-hetero) is 1. The summed E-state index contributed by atoms with van der Waals surface area (Å²) < 4.78 is 1.91. The molecule has 2 aliphatic rings. The van der Waals surface area contributed by atoms with E-state index in [1.54, 1.807) is 12.4 Å². The van der Waals surface area contributed by atoms with Crippen LogP contribution in [0.5, 0.6) is 0 Å². The van der Waals surface area contributed by atoms with Gasteiger partial charge in [-0.2, -0.15) is 0 Å². The fourth-order valence-corrected chi connectivity index (χ4v) is 4.37. The van der Waals surface area contributed by atoms with Crippen molar-refractivity contribution in [2.75, 3.05) is 0 Å². The summed E-state index contributed by atoms with van der Waals surface area (Å²) in [6, 6.07) is 0. The van der Waals surface area contributed by atoms with E-state index < -0.39 is 0 Å². The first-order chi connectivity index (χ1) is 9.47. The van der Waals surface area contributed by atoms with Crippen LogP contribution in [0.2, 0.25) is 0 Å². The first-order valence-corrected chi connectivity index (χ1v) is 7.16. The maximum Gasteiger partial charge on any atom is 0.179 e. The van der Waals surface area contributed by atoms with E-state index in [0.717, 1.165) is 18.7 Å². The third kappa shape index (κ3) is 1.15. The summed E-state index contributed by atoms with van der Waals surface area (Å²) in [4.78, 5) is 17.0. The van der Waals surface area contributed by atoms with Gasteiger partial charge in [0.05, 0.1) is 12.1 Å². The van der Waals surface area contributed by atoms with E-state index >= 15 is 0 Å². The highest BCUT2D eigenvalue weighted by Gasteiger charge is 2.67. The molecule has 5 nitrogen and oxygen atoms in total. The minimum Gasteiger partial charge on any atom is -0.298 e. The van der Waals surface area contributed by atoms with Gasteiger partial charge in [0, 0.05) is 17.8 Å². The van der Waals surface area contributed by atoms with Gasteiger partial charge in [0.25, 0.3) is 0 Å². The number of ketones is 1. The Hall–Kier alpha value is -1.78. The minimum absolute atomic E-state index is 0.0353. The number of fused-ring (bicyclic) bond motifs is 3. The highest BCUT2D eigenvalue weighted by Crippen LogP contribution is 2.67. The van der Waals surface area contributed by atoms with E-state index in [1.807, 2.05) is 10.6 Å². The molecule has 4 rings (SSSR count). The fourth-order valence-electron chi connectivity index (χ4n) is 4.37. The molecule has 5 heteroatoms. The van der Waals surface area contributed by atoms with Crippen LogP contribution < -0.4 is 0 Å². The van der Waals surface area contributed by atoms with Gasteiger partial charge in [-0.1, -0.05) is 20.8 Å². The van der Waals surface area contributed by atoms with Crippen LogP contribution in [0.3, 0.4) is 0 Å². The Morgan fingerprint density at radius 1 is 1.30 bits per heavy atom. The molecule has 0 aromatic carbocycles. The van der Waals surface area contributed by atoms with Gasteiger partial charge in [0.15, 0.2) is 5.65 Å². The molecular formula is C15H18N4O. The Morgan fingerprint density at radius 3 is 2.80 bits per heavy atom. The minimum atomic E-state index is -0.221. The lowest BCUT2D eigenvalue weighted by molar-refractivity contribution is -0.129. The fraction of sp³-hybridized carbons (Fsp3) is 0.600. The average Bonchev–Trinajstić information content (AvgIpc) is 2.98. The topological polar surface area (TPSA) is 60.2 Å². The van der Waals surface area contributed by atoms with E-state index in [-0.39, 0.29) is 16.7 Å². The van der Waals surface area contributed by atoms with Crippen LogP contribution in [0.1, 0.15) is 45.4 Å². The number of rotatable bonds is 1. The van der Waals surface area contributed by atoms with Crippen LogP contribution in [0, 0.1) is 16.7 Å². The number of aromatic nitrogens is 4. The molecule has 0 unspecified atom stereocenters. The van der Waals surface area contributed by atoms with Gasteiger partial charge in [-0.05, 0) is 24.2 Å². The lowest BCUT2D eigenvalue weighted by Crippen LogP contribution is -2.33. The number of hydrogen-bond donors (Lipinski definition) is 0. The van der Waals surface area contributed by atoms with Gasteiger partial charge in [0.1, 0.15) is 11.6 Å². The third-order valence-electron chi connectivity index (χ3n) is 6.05. The first kappa shape index (κ1) is 12.0. The quantitative estimate of drug-likeness (QED) is 0.797. The zero-order chi connectivity index (χ0) is 14.1. The SMILES string of the molecule is CC1(C)[C@@H]2CC[C@@]1(C)C(=O)[C@H]2c1nnc2cnccn12. The summed E-state index contributed by atoms with van der Waals surface area (Å²) in [5.74, 6) is 1.36. The Balaban J connectivity index is 1.90. The predicted molar refractivity (Wildman–Crippen MR) is 73.1 cm³/mol.